The normalized spacial score (nSPS) is 13.8. The van der Waals surface area contributed by atoms with Gasteiger partial charge in [-0.05, 0) is 33.0 Å². The van der Waals surface area contributed by atoms with Crippen LogP contribution in [0, 0.1) is 5.82 Å². The van der Waals surface area contributed by atoms with Gasteiger partial charge in [0, 0.05) is 12.6 Å². The maximum atomic E-state index is 13.5. The molecule has 6 nitrogen and oxygen atoms in total. The van der Waals surface area contributed by atoms with Gasteiger partial charge in [-0.3, -0.25) is 4.79 Å². The molecule has 0 saturated heterocycles. The summed E-state index contributed by atoms with van der Waals surface area (Å²) in [5, 5.41) is 5.54. The van der Waals surface area contributed by atoms with Crippen molar-refractivity contribution in [1.29, 1.82) is 0 Å². The van der Waals surface area contributed by atoms with Crippen LogP contribution in [0.1, 0.15) is 13.8 Å². The number of rotatable bonds is 7. The summed E-state index contributed by atoms with van der Waals surface area (Å²) in [6.07, 6.45) is 0. The van der Waals surface area contributed by atoms with Crippen LogP contribution in [0.5, 0.6) is 0 Å². The number of halogens is 2. The number of amides is 1. The number of hydrogen-bond acceptors (Lipinski definition) is 4. The zero-order valence-electron chi connectivity index (χ0n) is 12.6. The van der Waals surface area contributed by atoms with Crippen LogP contribution >= 0.6 is 12.4 Å². The summed E-state index contributed by atoms with van der Waals surface area (Å²) in [6.45, 7) is 3.63. The Morgan fingerprint density at radius 2 is 1.86 bits per heavy atom. The first-order valence-corrected chi connectivity index (χ1v) is 7.98. The molecular formula is C13H21ClFN3O3S. The molecule has 0 saturated carbocycles. The van der Waals surface area contributed by atoms with E-state index in [-0.39, 0.29) is 18.4 Å². The molecule has 3 N–H and O–H groups in total. The Hall–Kier alpha value is -1.22. The van der Waals surface area contributed by atoms with Gasteiger partial charge in [-0.1, -0.05) is 12.1 Å². The molecule has 1 aromatic rings. The lowest BCUT2D eigenvalue weighted by Gasteiger charge is -2.16. The molecule has 0 spiro atoms. The summed E-state index contributed by atoms with van der Waals surface area (Å²) >= 11 is 0. The quantitative estimate of drug-likeness (QED) is 0.671. The number of hydrogen-bond donors (Lipinski definition) is 3. The van der Waals surface area contributed by atoms with Crippen LogP contribution in [0.15, 0.2) is 29.2 Å². The van der Waals surface area contributed by atoms with Crippen molar-refractivity contribution in [2.24, 2.45) is 0 Å². The van der Waals surface area contributed by atoms with E-state index in [0.29, 0.717) is 6.54 Å². The van der Waals surface area contributed by atoms with E-state index in [0.717, 1.165) is 12.1 Å². The van der Waals surface area contributed by atoms with Crippen LogP contribution in [0.25, 0.3) is 0 Å². The minimum atomic E-state index is -4.08. The molecule has 1 aromatic carbocycles. The van der Waals surface area contributed by atoms with Gasteiger partial charge in [0.2, 0.25) is 15.9 Å². The second-order valence-corrected chi connectivity index (χ2v) is 6.39. The van der Waals surface area contributed by atoms with Gasteiger partial charge >= 0.3 is 0 Å². The molecule has 0 heterocycles. The lowest BCUT2D eigenvalue weighted by molar-refractivity contribution is -0.122. The average Bonchev–Trinajstić information content (AvgIpc) is 2.43. The Bertz CT molecular complexity index is 598. The highest BCUT2D eigenvalue weighted by atomic mass is 35.5. The minimum Gasteiger partial charge on any atom is -0.353 e. The first kappa shape index (κ1) is 20.8. The SMILES string of the molecule is CNC(C)CNC(=O)C(C)NS(=O)(=O)c1ccccc1F.Cl. The van der Waals surface area contributed by atoms with E-state index < -0.39 is 32.7 Å². The molecule has 0 aliphatic carbocycles. The summed E-state index contributed by atoms with van der Waals surface area (Å²) in [4.78, 5) is 11.3. The van der Waals surface area contributed by atoms with Crippen LogP contribution in [0.4, 0.5) is 4.39 Å². The van der Waals surface area contributed by atoms with Crippen molar-refractivity contribution in [1.82, 2.24) is 15.4 Å². The van der Waals surface area contributed by atoms with E-state index >= 15 is 0 Å². The van der Waals surface area contributed by atoms with Gasteiger partial charge < -0.3 is 10.6 Å². The Labute approximate surface area is 136 Å². The lowest BCUT2D eigenvalue weighted by Crippen LogP contribution is -2.47. The Balaban J connectivity index is 0.00000441. The van der Waals surface area contributed by atoms with E-state index in [1.807, 2.05) is 6.92 Å². The maximum absolute atomic E-state index is 13.5. The monoisotopic (exact) mass is 353 g/mol. The van der Waals surface area contributed by atoms with E-state index in [1.165, 1.54) is 19.1 Å². The highest BCUT2D eigenvalue weighted by Crippen LogP contribution is 2.13. The summed E-state index contributed by atoms with van der Waals surface area (Å²) < 4.78 is 39.7. The van der Waals surface area contributed by atoms with Crippen molar-refractivity contribution < 1.29 is 17.6 Å². The Morgan fingerprint density at radius 3 is 2.41 bits per heavy atom. The molecule has 2 unspecified atom stereocenters. The van der Waals surface area contributed by atoms with Gasteiger partial charge in [0.25, 0.3) is 0 Å². The molecule has 0 aliphatic rings. The smallest absolute Gasteiger partial charge is 0.244 e. The van der Waals surface area contributed by atoms with Gasteiger partial charge in [-0.25, -0.2) is 12.8 Å². The highest BCUT2D eigenvalue weighted by Gasteiger charge is 2.24. The maximum Gasteiger partial charge on any atom is 0.244 e. The zero-order valence-corrected chi connectivity index (χ0v) is 14.2. The van der Waals surface area contributed by atoms with Crippen molar-refractivity contribution >= 4 is 28.3 Å². The number of sulfonamides is 1. The second kappa shape index (κ2) is 9.04. The minimum absolute atomic E-state index is 0. The van der Waals surface area contributed by atoms with Crippen molar-refractivity contribution in [2.45, 2.75) is 30.8 Å². The number of nitrogens with one attached hydrogen (secondary N) is 3. The summed E-state index contributed by atoms with van der Waals surface area (Å²) in [6, 6.07) is 4.06. The zero-order chi connectivity index (χ0) is 16.0. The van der Waals surface area contributed by atoms with Crippen LogP contribution < -0.4 is 15.4 Å². The van der Waals surface area contributed by atoms with Gasteiger partial charge in [-0.2, -0.15) is 4.72 Å². The molecule has 0 aliphatic heterocycles. The molecular weight excluding hydrogens is 333 g/mol. The first-order valence-electron chi connectivity index (χ1n) is 6.49. The van der Waals surface area contributed by atoms with Gasteiger partial charge in [0.15, 0.2) is 0 Å². The summed E-state index contributed by atoms with van der Waals surface area (Å²) in [5.74, 6) is -1.33. The third-order valence-electron chi connectivity index (χ3n) is 2.93. The van der Waals surface area contributed by atoms with E-state index in [4.69, 9.17) is 0 Å². The van der Waals surface area contributed by atoms with Crippen LogP contribution in [0.2, 0.25) is 0 Å². The van der Waals surface area contributed by atoms with E-state index in [2.05, 4.69) is 15.4 Å². The molecule has 0 radical (unpaired) electrons. The fraction of sp³-hybridized carbons (Fsp3) is 0.462. The largest absolute Gasteiger partial charge is 0.353 e. The fourth-order valence-corrected chi connectivity index (χ4v) is 2.80. The summed E-state index contributed by atoms with van der Waals surface area (Å²) in [7, 11) is -2.33. The molecule has 22 heavy (non-hydrogen) atoms. The van der Waals surface area contributed by atoms with Crippen molar-refractivity contribution in [3.8, 4) is 0 Å². The highest BCUT2D eigenvalue weighted by molar-refractivity contribution is 7.89. The second-order valence-electron chi connectivity index (χ2n) is 4.71. The predicted octanol–water partition coefficient (Wildman–Crippen LogP) is 0.638. The molecule has 0 bridgehead atoms. The number of likely N-dealkylation sites (N-methyl/N-ethyl adjacent to an activating group) is 1. The average molecular weight is 354 g/mol. The predicted molar refractivity (Wildman–Crippen MR) is 85.0 cm³/mol. The molecule has 0 aromatic heterocycles. The molecule has 9 heteroatoms. The molecule has 0 fully saturated rings. The molecule has 2 atom stereocenters. The van der Waals surface area contributed by atoms with Crippen LogP contribution in [0.3, 0.4) is 0 Å². The molecule has 1 amide bonds. The van der Waals surface area contributed by atoms with E-state index in [9.17, 15) is 17.6 Å². The fourth-order valence-electron chi connectivity index (χ4n) is 1.52. The Morgan fingerprint density at radius 1 is 1.27 bits per heavy atom. The summed E-state index contributed by atoms with van der Waals surface area (Å²) in [5.41, 5.74) is 0. The van der Waals surface area contributed by atoms with Crippen molar-refractivity contribution in [3.63, 3.8) is 0 Å². The number of carbonyl (C=O) groups is 1. The number of carbonyl (C=O) groups excluding carboxylic acids is 1. The topological polar surface area (TPSA) is 87.3 Å². The molecule has 1 rings (SSSR count). The van der Waals surface area contributed by atoms with Crippen molar-refractivity contribution in [2.75, 3.05) is 13.6 Å². The van der Waals surface area contributed by atoms with Crippen LogP contribution in [-0.2, 0) is 14.8 Å². The standard InChI is InChI=1S/C13H20FN3O3S.ClH/c1-9(15-3)8-16-13(18)10(2)17-21(19,20)12-7-5-4-6-11(12)14;/h4-7,9-10,15,17H,8H2,1-3H3,(H,16,18);1H. The third kappa shape index (κ3) is 5.88. The Kier molecular flexibility index (Phi) is 8.54. The molecule has 126 valence electrons. The van der Waals surface area contributed by atoms with Gasteiger partial charge in [0.05, 0.1) is 6.04 Å². The third-order valence-corrected chi connectivity index (χ3v) is 4.50. The van der Waals surface area contributed by atoms with Gasteiger partial charge in [-0.15, -0.1) is 12.4 Å². The lowest BCUT2D eigenvalue weighted by atomic mass is 10.3. The number of benzene rings is 1. The van der Waals surface area contributed by atoms with E-state index in [1.54, 1.807) is 7.05 Å². The van der Waals surface area contributed by atoms with Crippen molar-refractivity contribution in [3.05, 3.63) is 30.1 Å². The van der Waals surface area contributed by atoms with Gasteiger partial charge in [0.1, 0.15) is 10.7 Å². The van der Waals surface area contributed by atoms with Crippen LogP contribution in [-0.4, -0.2) is 40.0 Å². The first-order chi connectivity index (χ1) is 9.77.